The predicted molar refractivity (Wildman–Crippen MR) is 80.9 cm³/mol. The van der Waals surface area contributed by atoms with E-state index in [-0.39, 0.29) is 5.91 Å². The van der Waals surface area contributed by atoms with Gasteiger partial charge in [-0.2, -0.15) is 0 Å². The highest BCUT2D eigenvalue weighted by molar-refractivity contribution is 6.06. The predicted octanol–water partition coefficient (Wildman–Crippen LogP) is 2.00. The van der Waals surface area contributed by atoms with Crippen LogP contribution in [-0.2, 0) is 7.05 Å². The number of carbonyl (C=O) groups is 1. The lowest BCUT2D eigenvalue weighted by Gasteiger charge is -2.14. The number of para-hydroxylation sites is 1. The Labute approximate surface area is 119 Å². The van der Waals surface area contributed by atoms with Crippen molar-refractivity contribution in [2.24, 2.45) is 7.05 Å². The fourth-order valence-corrected chi connectivity index (χ4v) is 2.95. The van der Waals surface area contributed by atoms with Crippen molar-refractivity contribution in [2.75, 3.05) is 26.2 Å². The Hall–Kier alpha value is -1.81. The van der Waals surface area contributed by atoms with E-state index in [4.69, 9.17) is 0 Å². The first-order chi connectivity index (χ1) is 9.75. The van der Waals surface area contributed by atoms with Gasteiger partial charge < -0.3 is 14.8 Å². The first kappa shape index (κ1) is 13.2. The Balaban J connectivity index is 1.66. The number of nitrogens with one attached hydrogen (secondary N) is 1. The third-order valence-corrected chi connectivity index (χ3v) is 4.05. The van der Waals surface area contributed by atoms with E-state index in [0.29, 0.717) is 0 Å². The minimum absolute atomic E-state index is 0.0287. The van der Waals surface area contributed by atoms with E-state index in [1.807, 2.05) is 42.1 Å². The Morgan fingerprint density at radius 3 is 2.80 bits per heavy atom. The SMILES string of the molecule is Cn1cc(C(=O)NCCN2CCCC2)c2ccccc21. The van der Waals surface area contributed by atoms with E-state index < -0.39 is 0 Å². The zero-order valence-corrected chi connectivity index (χ0v) is 11.9. The van der Waals surface area contributed by atoms with Crippen LogP contribution in [0.25, 0.3) is 10.9 Å². The van der Waals surface area contributed by atoms with E-state index in [0.717, 1.165) is 29.6 Å². The van der Waals surface area contributed by atoms with Crippen molar-refractivity contribution >= 4 is 16.8 Å². The molecule has 0 spiro atoms. The van der Waals surface area contributed by atoms with Crippen molar-refractivity contribution in [1.82, 2.24) is 14.8 Å². The zero-order chi connectivity index (χ0) is 13.9. The molecule has 2 aromatic rings. The molecule has 3 rings (SSSR count). The summed E-state index contributed by atoms with van der Waals surface area (Å²) in [5.41, 5.74) is 1.86. The van der Waals surface area contributed by atoms with Gasteiger partial charge in [0.1, 0.15) is 0 Å². The van der Waals surface area contributed by atoms with Gasteiger partial charge in [0.15, 0.2) is 0 Å². The molecule has 1 N–H and O–H groups in total. The van der Waals surface area contributed by atoms with Gasteiger partial charge in [0.2, 0.25) is 0 Å². The van der Waals surface area contributed by atoms with Crippen molar-refractivity contribution in [3.05, 3.63) is 36.0 Å². The number of likely N-dealkylation sites (tertiary alicyclic amines) is 1. The smallest absolute Gasteiger partial charge is 0.253 e. The van der Waals surface area contributed by atoms with Gasteiger partial charge in [0, 0.05) is 37.2 Å². The van der Waals surface area contributed by atoms with Crippen molar-refractivity contribution in [1.29, 1.82) is 0 Å². The number of fused-ring (bicyclic) bond motifs is 1. The van der Waals surface area contributed by atoms with E-state index in [9.17, 15) is 4.79 Å². The summed E-state index contributed by atoms with van der Waals surface area (Å²) in [6.45, 7) is 4.02. The number of carbonyl (C=O) groups excluding carboxylic acids is 1. The van der Waals surface area contributed by atoms with E-state index in [1.54, 1.807) is 0 Å². The van der Waals surface area contributed by atoms with Crippen molar-refractivity contribution < 1.29 is 4.79 Å². The Bertz CT molecular complexity index is 611. The second-order valence-electron chi connectivity index (χ2n) is 5.48. The number of rotatable bonds is 4. The van der Waals surface area contributed by atoms with Crippen LogP contribution in [0.4, 0.5) is 0 Å². The minimum atomic E-state index is 0.0287. The monoisotopic (exact) mass is 271 g/mol. The molecule has 1 aromatic heterocycles. The van der Waals surface area contributed by atoms with Crippen LogP contribution in [-0.4, -0.2) is 41.6 Å². The average molecular weight is 271 g/mol. The summed E-state index contributed by atoms with van der Waals surface area (Å²) in [4.78, 5) is 14.7. The lowest BCUT2D eigenvalue weighted by Crippen LogP contribution is -2.33. The molecule has 1 saturated heterocycles. The highest BCUT2D eigenvalue weighted by Crippen LogP contribution is 2.19. The first-order valence-electron chi connectivity index (χ1n) is 7.30. The summed E-state index contributed by atoms with van der Waals surface area (Å²) >= 11 is 0. The highest BCUT2D eigenvalue weighted by atomic mass is 16.1. The standard InChI is InChI=1S/C16H21N3O/c1-18-12-14(13-6-2-3-7-15(13)18)16(20)17-8-11-19-9-4-5-10-19/h2-3,6-7,12H,4-5,8-11H2,1H3,(H,17,20). The normalized spacial score (nSPS) is 15.8. The molecule has 0 aliphatic carbocycles. The Morgan fingerprint density at radius 1 is 1.25 bits per heavy atom. The molecule has 0 saturated carbocycles. The summed E-state index contributed by atoms with van der Waals surface area (Å²) in [6.07, 6.45) is 4.49. The molecular weight excluding hydrogens is 250 g/mol. The second-order valence-corrected chi connectivity index (χ2v) is 5.48. The number of hydrogen-bond donors (Lipinski definition) is 1. The van der Waals surface area contributed by atoms with Crippen LogP contribution in [0.2, 0.25) is 0 Å². The Morgan fingerprint density at radius 2 is 2.00 bits per heavy atom. The van der Waals surface area contributed by atoms with Crippen LogP contribution in [0.3, 0.4) is 0 Å². The molecule has 20 heavy (non-hydrogen) atoms. The quantitative estimate of drug-likeness (QED) is 0.923. The third-order valence-electron chi connectivity index (χ3n) is 4.05. The molecule has 4 heteroatoms. The number of aromatic nitrogens is 1. The first-order valence-corrected chi connectivity index (χ1v) is 7.30. The molecule has 0 atom stereocenters. The van der Waals surface area contributed by atoms with Gasteiger partial charge in [0.05, 0.1) is 5.56 Å². The van der Waals surface area contributed by atoms with Crippen LogP contribution >= 0.6 is 0 Å². The van der Waals surface area contributed by atoms with Gasteiger partial charge in [-0.15, -0.1) is 0 Å². The molecule has 1 fully saturated rings. The minimum Gasteiger partial charge on any atom is -0.351 e. The maximum Gasteiger partial charge on any atom is 0.253 e. The molecule has 2 heterocycles. The van der Waals surface area contributed by atoms with Gasteiger partial charge in [0.25, 0.3) is 5.91 Å². The van der Waals surface area contributed by atoms with Crippen LogP contribution in [0.5, 0.6) is 0 Å². The molecule has 106 valence electrons. The lowest BCUT2D eigenvalue weighted by molar-refractivity contribution is 0.0951. The number of hydrogen-bond acceptors (Lipinski definition) is 2. The highest BCUT2D eigenvalue weighted by Gasteiger charge is 2.14. The van der Waals surface area contributed by atoms with Crippen molar-refractivity contribution in [3.63, 3.8) is 0 Å². The maximum atomic E-state index is 12.3. The molecule has 1 aliphatic rings. The van der Waals surface area contributed by atoms with Gasteiger partial charge in [-0.05, 0) is 32.0 Å². The summed E-state index contributed by atoms with van der Waals surface area (Å²) < 4.78 is 2.00. The van der Waals surface area contributed by atoms with Crippen molar-refractivity contribution in [2.45, 2.75) is 12.8 Å². The second kappa shape index (κ2) is 5.67. The number of aryl methyl sites for hydroxylation is 1. The van der Waals surface area contributed by atoms with Gasteiger partial charge in [-0.3, -0.25) is 4.79 Å². The molecule has 1 amide bonds. The molecule has 0 radical (unpaired) electrons. The van der Waals surface area contributed by atoms with Gasteiger partial charge in [-0.1, -0.05) is 18.2 Å². The molecule has 0 bridgehead atoms. The van der Waals surface area contributed by atoms with Crippen LogP contribution in [0.15, 0.2) is 30.5 Å². The van der Waals surface area contributed by atoms with Crippen LogP contribution in [0, 0.1) is 0 Å². The fourth-order valence-electron chi connectivity index (χ4n) is 2.95. The van der Waals surface area contributed by atoms with Crippen LogP contribution < -0.4 is 5.32 Å². The van der Waals surface area contributed by atoms with Crippen molar-refractivity contribution in [3.8, 4) is 0 Å². The third kappa shape index (κ3) is 2.56. The topological polar surface area (TPSA) is 37.3 Å². The van der Waals surface area contributed by atoms with E-state index in [1.165, 1.54) is 25.9 Å². The summed E-state index contributed by atoms with van der Waals surface area (Å²) in [6, 6.07) is 8.02. The molecule has 1 aliphatic heterocycles. The summed E-state index contributed by atoms with van der Waals surface area (Å²) in [5, 5.41) is 4.06. The maximum absolute atomic E-state index is 12.3. The number of benzene rings is 1. The Kier molecular flexibility index (Phi) is 3.74. The molecule has 1 aromatic carbocycles. The molecular formula is C16H21N3O. The number of amides is 1. The molecule has 0 unspecified atom stereocenters. The summed E-state index contributed by atoms with van der Waals surface area (Å²) in [5.74, 6) is 0.0287. The van der Waals surface area contributed by atoms with E-state index >= 15 is 0 Å². The number of nitrogens with zero attached hydrogens (tertiary/aromatic N) is 2. The van der Waals surface area contributed by atoms with Gasteiger partial charge in [-0.25, -0.2) is 0 Å². The summed E-state index contributed by atoms with van der Waals surface area (Å²) in [7, 11) is 1.98. The average Bonchev–Trinajstić information content (AvgIpc) is 3.08. The van der Waals surface area contributed by atoms with Crippen LogP contribution in [0.1, 0.15) is 23.2 Å². The van der Waals surface area contributed by atoms with E-state index in [2.05, 4.69) is 10.2 Å². The lowest BCUT2D eigenvalue weighted by atomic mass is 10.1. The largest absolute Gasteiger partial charge is 0.351 e. The fraction of sp³-hybridized carbons (Fsp3) is 0.438. The molecule has 4 nitrogen and oxygen atoms in total. The zero-order valence-electron chi connectivity index (χ0n) is 11.9. The van der Waals surface area contributed by atoms with Gasteiger partial charge >= 0.3 is 0 Å².